The summed E-state index contributed by atoms with van der Waals surface area (Å²) in [7, 11) is 0. The minimum atomic E-state index is 0.0367. The lowest BCUT2D eigenvalue weighted by Gasteiger charge is -2.29. The molecule has 4 rings (SSSR count). The number of thioether (sulfide) groups is 1. The molecule has 2 heterocycles. The first-order valence-electron chi connectivity index (χ1n) is 11.0. The molecule has 0 spiro atoms. The van der Waals surface area contributed by atoms with Crippen LogP contribution in [0.4, 0.5) is 17.6 Å². The number of benzene rings is 1. The molecule has 2 aromatic rings. The highest BCUT2D eigenvalue weighted by Gasteiger charge is 2.23. The van der Waals surface area contributed by atoms with Gasteiger partial charge >= 0.3 is 0 Å². The zero-order valence-electron chi connectivity index (χ0n) is 17.9. The van der Waals surface area contributed by atoms with Crippen molar-refractivity contribution in [3.05, 3.63) is 30.3 Å². The van der Waals surface area contributed by atoms with Gasteiger partial charge in [-0.25, -0.2) is 0 Å². The van der Waals surface area contributed by atoms with E-state index in [2.05, 4.69) is 37.4 Å². The van der Waals surface area contributed by atoms with Gasteiger partial charge in [0.1, 0.15) is 0 Å². The summed E-state index contributed by atoms with van der Waals surface area (Å²) in [6.45, 7) is 4.99. The Morgan fingerprint density at radius 1 is 1.13 bits per heavy atom. The van der Waals surface area contributed by atoms with Gasteiger partial charge in [-0.2, -0.15) is 15.0 Å². The summed E-state index contributed by atoms with van der Waals surface area (Å²) < 4.78 is 5.45. The van der Waals surface area contributed by atoms with Crippen LogP contribution in [0.15, 0.2) is 35.5 Å². The highest BCUT2D eigenvalue weighted by molar-refractivity contribution is 7.99. The van der Waals surface area contributed by atoms with E-state index in [9.17, 15) is 4.79 Å². The summed E-state index contributed by atoms with van der Waals surface area (Å²) in [4.78, 5) is 28.4. The number of carbonyl (C=O) groups excluding carboxylic acids is 1. The molecule has 1 amide bonds. The van der Waals surface area contributed by atoms with Crippen molar-refractivity contribution in [1.29, 1.82) is 0 Å². The fourth-order valence-corrected chi connectivity index (χ4v) is 4.57. The number of rotatable bonds is 7. The summed E-state index contributed by atoms with van der Waals surface area (Å²) in [5.74, 6) is 1.96. The second kappa shape index (κ2) is 10.8. The Labute approximate surface area is 187 Å². The van der Waals surface area contributed by atoms with Crippen LogP contribution in [0.2, 0.25) is 0 Å². The van der Waals surface area contributed by atoms with E-state index in [1.807, 2.05) is 30.3 Å². The van der Waals surface area contributed by atoms with Crippen LogP contribution in [0.3, 0.4) is 0 Å². The molecule has 2 fully saturated rings. The molecular formula is C22H30N6O2S. The fourth-order valence-electron chi connectivity index (χ4n) is 3.93. The van der Waals surface area contributed by atoms with Crippen molar-refractivity contribution >= 4 is 35.3 Å². The normalized spacial score (nSPS) is 21.5. The zero-order chi connectivity index (χ0) is 21.5. The second-order valence-electron chi connectivity index (χ2n) is 8.06. The lowest BCUT2D eigenvalue weighted by Crippen LogP contribution is -2.41. The molecule has 0 unspecified atom stereocenters. The summed E-state index contributed by atoms with van der Waals surface area (Å²) in [6, 6.07) is 10.1. The van der Waals surface area contributed by atoms with E-state index in [4.69, 9.17) is 4.74 Å². The molecule has 166 valence electrons. The number of hydrogen-bond acceptors (Lipinski definition) is 8. The monoisotopic (exact) mass is 442 g/mol. The van der Waals surface area contributed by atoms with Gasteiger partial charge in [-0.15, -0.1) is 0 Å². The van der Waals surface area contributed by atoms with Crippen LogP contribution >= 0.6 is 11.8 Å². The van der Waals surface area contributed by atoms with E-state index in [1.165, 1.54) is 31.0 Å². The molecule has 1 saturated heterocycles. The summed E-state index contributed by atoms with van der Waals surface area (Å²) in [5.41, 5.74) is 0.904. The van der Waals surface area contributed by atoms with Gasteiger partial charge in [0.2, 0.25) is 17.8 Å². The van der Waals surface area contributed by atoms with Gasteiger partial charge in [-0.3, -0.25) is 4.79 Å². The van der Waals surface area contributed by atoms with E-state index in [0.29, 0.717) is 41.9 Å². The summed E-state index contributed by atoms with van der Waals surface area (Å²) in [6.07, 6.45) is 4.70. The Morgan fingerprint density at radius 2 is 1.90 bits per heavy atom. The van der Waals surface area contributed by atoms with Gasteiger partial charge in [0, 0.05) is 24.8 Å². The molecule has 2 aliphatic rings. The van der Waals surface area contributed by atoms with Crippen LogP contribution < -0.4 is 15.5 Å². The smallest absolute Gasteiger partial charge is 0.233 e. The van der Waals surface area contributed by atoms with Gasteiger partial charge in [0.15, 0.2) is 5.16 Å². The number of carbonyl (C=O) groups is 1. The number of nitrogens with zero attached hydrogens (tertiary/aromatic N) is 4. The molecule has 1 aliphatic carbocycles. The Hall–Kier alpha value is -2.39. The maximum atomic E-state index is 12.5. The molecule has 9 heteroatoms. The number of aromatic nitrogens is 3. The Morgan fingerprint density at radius 3 is 2.68 bits per heavy atom. The van der Waals surface area contributed by atoms with E-state index in [1.54, 1.807) is 0 Å². The van der Waals surface area contributed by atoms with Crippen LogP contribution in [-0.2, 0) is 9.53 Å². The molecule has 1 saturated carbocycles. The first kappa shape index (κ1) is 21.8. The van der Waals surface area contributed by atoms with Crippen LogP contribution in [0.1, 0.15) is 32.6 Å². The predicted octanol–water partition coefficient (Wildman–Crippen LogP) is 3.24. The van der Waals surface area contributed by atoms with Gasteiger partial charge in [0.05, 0.1) is 19.0 Å². The van der Waals surface area contributed by atoms with Crippen molar-refractivity contribution in [1.82, 2.24) is 20.3 Å². The average molecular weight is 443 g/mol. The number of morpholine rings is 1. The standard InChI is InChI=1S/C22H30N6O2S/c1-16-7-5-6-10-18(16)24-19(29)15-31-22-26-20(23-17-8-3-2-4-9-17)25-21(27-22)28-11-13-30-14-12-28/h2-4,8-9,16,18H,5-7,10-15H2,1H3,(H,24,29)(H,23,25,26,27)/t16-,18+/m1/s1. The molecule has 2 atom stereocenters. The van der Waals surface area contributed by atoms with Crippen molar-refractivity contribution in [2.24, 2.45) is 5.92 Å². The van der Waals surface area contributed by atoms with Crippen molar-refractivity contribution in [2.75, 3.05) is 42.3 Å². The average Bonchev–Trinajstić information content (AvgIpc) is 2.80. The molecular weight excluding hydrogens is 412 g/mol. The molecule has 8 nitrogen and oxygen atoms in total. The molecule has 1 aromatic carbocycles. The van der Waals surface area contributed by atoms with Gasteiger partial charge in [-0.05, 0) is 30.9 Å². The predicted molar refractivity (Wildman–Crippen MR) is 123 cm³/mol. The maximum Gasteiger partial charge on any atom is 0.233 e. The van der Waals surface area contributed by atoms with Gasteiger partial charge < -0.3 is 20.3 Å². The van der Waals surface area contributed by atoms with Crippen molar-refractivity contribution in [3.63, 3.8) is 0 Å². The largest absolute Gasteiger partial charge is 0.378 e. The highest BCUT2D eigenvalue weighted by atomic mass is 32.2. The van der Waals surface area contributed by atoms with E-state index < -0.39 is 0 Å². The van der Waals surface area contributed by atoms with E-state index in [-0.39, 0.29) is 11.9 Å². The first-order chi connectivity index (χ1) is 15.2. The highest BCUT2D eigenvalue weighted by Crippen LogP contribution is 2.25. The minimum Gasteiger partial charge on any atom is -0.378 e. The third-order valence-corrected chi connectivity index (χ3v) is 6.56. The van der Waals surface area contributed by atoms with E-state index in [0.717, 1.165) is 25.2 Å². The van der Waals surface area contributed by atoms with Crippen molar-refractivity contribution in [2.45, 2.75) is 43.8 Å². The third kappa shape index (κ3) is 6.30. The number of nitrogens with one attached hydrogen (secondary N) is 2. The first-order valence-corrected chi connectivity index (χ1v) is 12.0. The maximum absolute atomic E-state index is 12.5. The van der Waals surface area contributed by atoms with E-state index >= 15 is 0 Å². The third-order valence-electron chi connectivity index (χ3n) is 5.72. The molecule has 0 radical (unpaired) electrons. The molecule has 31 heavy (non-hydrogen) atoms. The van der Waals surface area contributed by atoms with Crippen molar-refractivity contribution < 1.29 is 9.53 Å². The van der Waals surface area contributed by atoms with Crippen LogP contribution in [0.5, 0.6) is 0 Å². The topological polar surface area (TPSA) is 92.3 Å². The number of ether oxygens (including phenoxy) is 1. The van der Waals surface area contributed by atoms with Crippen molar-refractivity contribution in [3.8, 4) is 0 Å². The Kier molecular flexibility index (Phi) is 7.58. The SMILES string of the molecule is C[C@@H]1CCCC[C@@H]1NC(=O)CSc1nc(Nc2ccccc2)nc(N2CCOCC2)n1. The molecule has 1 aliphatic heterocycles. The second-order valence-corrected chi connectivity index (χ2v) is 9.00. The Bertz CT molecular complexity index is 862. The number of para-hydroxylation sites is 1. The summed E-state index contributed by atoms with van der Waals surface area (Å²) in [5, 5.41) is 6.99. The van der Waals surface area contributed by atoms with Crippen LogP contribution in [-0.4, -0.2) is 59.0 Å². The number of hydrogen-bond donors (Lipinski definition) is 2. The molecule has 2 N–H and O–H groups in total. The zero-order valence-corrected chi connectivity index (χ0v) is 18.7. The number of anilines is 3. The minimum absolute atomic E-state index is 0.0367. The fraction of sp³-hybridized carbons (Fsp3) is 0.545. The lowest BCUT2D eigenvalue weighted by molar-refractivity contribution is -0.119. The molecule has 0 bridgehead atoms. The van der Waals surface area contributed by atoms with Gasteiger partial charge in [-0.1, -0.05) is 49.7 Å². The van der Waals surface area contributed by atoms with Crippen LogP contribution in [0.25, 0.3) is 0 Å². The molecule has 1 aromatic heterocycles. The summed E-state index contributed by atoms with van der Waals surface area (Å²) >= 11 is 1.35. The lowest BCUT2D eigenvalue weighted by atomic mass is 9.86. The Balaban J connectivity index is 1.44. The van der Waals surface area contributed by atoms with Gasteiger partial charge in [0.25, 0.3) is 0 Å². The van der Waals surface area contributed by atoms with Crippen LogP contribution in [0, 0.1) is 5.92 Å². The quantitative estimate of drug-likeness (QED) is 0.632. The number of amides is 1.